The fourth-order valence-corrected chi connectivity index (χ4v) is 4.34. The predicted octanol–water partition coefficient (Wildman–Crippen LogP) is 5.10. The van der Waals surface area contributed by atoms with E-state index in [1.165, 1.54) is 31.3 Å². The molecule has 1 aliphatic rings. The molecule has 0 radical (unpaired) electrons. The van der Waals surface area contributed by atoms with Crippen molar-refractivity contribution in [3.8, 4) is 11.5 Å². The van der Waals surface area contributed by atoms with Crippen molar-refractivity contribution in [1.29, 1.82) is 0 Å². The van der Waals surface area contributed by atoms with Crippen LogP contribution >= 0.6 is 23.2 Å². The van der Waals surface area contributed by atoms with Crippen LogP contribution in [0.1, 0.15) is 31.0 Å². The SMILES string of the molecule is COCCN1C(=O)C(=O)/C(=C(/O)c2cc(Cl)cc(Cl)c2OC)C1c1cccc(OCC(C)C)c1. The van der Waals surface area contributed by atoms with Crippen LogP contribution in [0.4, 0.5) is 0 Å². The molecule has 182 valence electrons. The second-order valence-corrected chi connectivity index (χ2v) is 9.07. The van der Waals surface area contributed by atoms with Crippen LogP contribution in [-0.4, -0.2) is 55.7 Å². The minimum atomic E-state index is -0.875. The van der Waals surface area contributed by atoms with Crippen molar-refractivity contribution in [2.45, 2.75) is 19.9 Å². The molecule has 1 amide bonds. The summed E-state index contributed by atoms with van der Waals surface area (Å²) in [6, 6.07) is 9.13. The van der Waals surface area contributed by atoms with E-state index in [4.69, 9.17) is 37.4 Å². The Kier molecular flexibility index (Phi) is 8.47. The van der Waals surface area contributed by atoms with Crippen LogP contribution in [0.2, 0.25) is 10.0 Å². The second kappa shape index (κ2) is 11.1. The quantitative estimate of drug-likeness (QED) is 0.288. The highest BCUT2D eigenvalue weighted by atomic mass is 35.5. The maximum Gasteiger partial charge on any atom is 0.295 e. The third kappa shape index (κ3) is 5.32. The Labute approximate surface area is 208 Å². The standard InChI is InChI=1S/C25H27Cl2NO6/c1-14(2)13-34-17-7-5-6-15(10-17)21-20(23(30)25(31)28(21)8-9-32-3)22(29)18-11-16(26)12-19(27)24(18)33-4/h5-7,10-12,14,21,29H,8-9,13H2,1-4H3/b22-20+. The van der Waals surface area contributed by atoms with Crippen LogP contribution < -0.4 is 9.47 Å². The molecule has 1 N–H and O–H groups in total. The van der Waals surface area contributed by atoms with Gasteiger partial charge in [0.25, 0.3) is 11.7 Å². The summed E-state index contributed by atoms with van der Waals surface area (Å²) < 4.78 is 16.3. The molecule has 0 spiro atoms. The molecule has 0 saturated carbocycles. The van der Waals surface area contributed by atoms with Gasteiger partial charge in [-0.25, -0.2) is 0 Å². The van der Waals surface area contributed by atoms with Gasteiger partial charge in [0, 0.05) is 18.7 Å². The zero-order chi connectivity index (χ0) is 25.0. The molecule has 1 atom stereocenters. The summed E-state index contributed by atoms with van der Waals surface area (Å²) in [6.07, 6.45) is 0. The van der Waals surface area contributed by atoms with E-state index in [0.29, 0.717) is 23.8 Å². The van der Waals surface area contributed by atoms with E-state index in [1.807, 2.05) is 13.8 Å². The number of ketones is 1. The van der Waals surface area contributed by atoms with E-state index in [1.54, 1.807) is 24.3 Å². The van der Waals surface area contributed by atoms with Crippen LogP contribution in [-0.2, 0) is 14.3 Å². The van der Waals surface area contributed by atoms with Crippen LogP contribution in [0.25, 0.3) is 5.76 Å². The van der Waals surface area contributed by atoms with Crippen molar-refractivity contribution >= 4 is 40.7 Å². The molecule has 1 unspecified atom stereocenters. The number of likely N-dealkylation sites (tertiary alicyclic amines) is 1. The number of rotatable bonds is 9. The zero-order valence-electron chi connectivity index (χ0n) is 19.4. The van der Waals surface area contributed by atoms with Gasteiger partial charge in [0.15, 0.2) is 0 Å². The van der Waals surface area contributed by atoms with Gasteiger partial charge < -0.3 is 24.2 Å². The summed E-state index contributed by atoms with van der Waals surface area (Å²) in [4.78, 5) is 27.5. The van der Waals surface area contributed by atoms with Crippen molar-refractivity contribution in [2.75, 3.05) is 34.0 Å². The molecule has 7 nitrogen and oxygen atoms in total. The first kappa shape index (κ1) is 25.9. The Balaban J connectivity index is 2.20. The lowest BCUT2D eigenvalue weighted by molar-refractivity contribution is -0.140. The van der Waals surface area contributed by atoms with E-state index in [-0.39, 0.29) is 40.1 Å². The molecule has 1 saturated heterocycles. The number of aliphatic hydroxyl groups is 1. The minimum Gasteiger partial charge on any atom is -0.507 e. The van der Waals surface area contributed by atoms with Gasteiger partial charge in [0.05, 0.1) is 42.5 Å². The largest absolute Gasteiger partial charge is 0.507 e. The Bertz CT molecular complexity index is 1110. The van der Waals surface area contributed by atoms with E-state index in [9.17, 15) is 14.7 Å². The van der Waals surface area contributed by atoms with Crippen molar-refractivity contribution < 1.29 is 28.9 Å². The fraction of sp³-hybridized carbons (Fsp3) is 0.360. The Hall–Kier alpha value is -2.74. The van der Waals surface area contributed by atoms with E-state index < -0.39 is 23.5 Å². The topological polar surface area (TPSA) is 85.3 Å². The molecular formula is C25H27Cl2NO6. The lowest BCUT2D eigenvalue weighted by Crippen LogP contribution is -2.32. The van der Waals surface area contributed by atoms with E-state index in [0.717, 1.165) is 0 Å². The number of ether oxygens (including phenoxy) is 3. The highest BCUT2D eigenvalue weighted by Gasteiger charge is 2.46. The Morgan fingerprint density at radius 2 is 1.88 bits per heavy atom. The van der Waals surface area contributed by atoms with Crippen molar-refractivity contribution in [3.63, 3.8) is 0 Å². The summed E-state index contributed by atoms with van der Waals surface area (Å²) in [5.74, 6) is -0.963. The number of methoxy groups -OCH3 is 2. The number of nitrogens with zero attached hydrogens (tertiary/aromatic N) is 1. The molecule has 1 fully saturated rings. The summed E-state index contributed by atoms with van der Waals surface area (Å²) in [7, 11) is 2.89. The molecule has 1 heterocycles. The Morgan fingerprint density at radius 3 is 2.53 bits per heavy atom. The third-order valence-corrected chi connectivity index (χ3v) is 5.80. The van der Waals surface area contributed by atoms with Crippen LogP contribution in [0, 0.1) is 5.92 Å². The van der Waals surface area contributed by atoms with Crippen molar-refractivity contribution in [2.24, 2.45) is 5.92 Å². The molecule has 0 aromatic heterocycles. The van der Waals surface area contributed by atoms with E-state index >= 15 is 0 Å². The second-order valence-electron chi connectivity index (χ2n) is 8.23. The molecule has 9 heteroatoms. The summed E-state index contributed by atoms with van der Waals surface area (Å²) in [5.41, 5.74) is 0.617. The van der Waals surface area contributed by atoms with Gasteiger partial charge in [-0.15, -0.1) is 0 Å². The van der Waals surface area contributed by atoms with Gasteiger partial charge in [-0.1, -0.05) is 49.2 Å². The lowest BCUT2D eigenvalue weighted by Gasteiger charge is -2.25. The van der Waals surface area contributed by atoms with Gasteiger partial charge in [0.1, 0.15) is 17.3 Å². The number of carbonyl (C=O) groups excluding carboxylic acids is 2. The fourth-order valence-electron chi connectivity index (χ4n) is 3.77. The summed E-state index contributed by atoms with van der Waals surface area (Å²) >= 11 is 12.4. The van der Waals surface area contributed by atoms with Gasteiger partial charge in [-0.05, 0) is 35.7 Å². The average molecular weight is 508 g/mol. The number of hydrogen-bond donors (Lipinski definition) is 1. The number of Topliss-reactive ketones (excluding diaryl/α,β-unsaturated/α-hetero) is 1. The first-order valence-corrected chi connectivity index (χ1v) is 11.5. The molecule has 34 heavy (non-hydrogen) atoms. The van der Waals surface area contributed by atoms with Gasteiger partial charge >= 0.3 is 0 Å². The normalized spacial score (nSPS) is 17.5. The number of carbonyl (C=O) groups is 2. The van der Waals surface area contributed by atoms with Crippen LogP contribution in [0.5, 0.6) is 11.5 Å². The smallest absolute Gasteiger partial charge is 0.295 e. The maximum absolute atomic E-state index is 13.2. The first-order chi connectivity index (χ1) is 16.2. The molecular weight excluding hydrogens is 481 g/mol. The van der Waals surface area contributed by atoms with Crippen molar-refractivity contribution in [3.05, 3.63) is 63.1 Å². The predicted molar refractivity (Wildman–Crippen MR) is 131 cm³/mol. The van der Waals surface area contributed by atoms with Gasteiger partial charge in [-0.3, -0.25) is 9.59 Å². The highest BCUT2D eigenvalue weighted by molar-refractivity contribution is 6.46. The summed E-state index contributed by atoms with van der Waals surface area (Å²) in [6.45, 7) is 4.93. The lowest BCUT2D eigenvalue weighted by atomic mass is 9.95. The average Bonchev–Trinajstić information content (AvgIpc) is 3.05. The third-order valence-electron chi connectivity index (χ3n) is 5.30. The van der Waals surface area contributed by atoms with Gasteiger partial charge in [-0.2, -0.15) is 0 Å². The summed E-state index contributed by atoms with van der Waals surface area (Å²) in [5, 5.41) is 11.7. The number of hydrogen-bond acceptors (Lipinski definition) is 6. The number of aliphatic hydroxyl groups excluding tert-OH is 1. The van der Waals surface area contributed by atoms with Crippen molar-refractivity contribution in [1.82, 2.24) is 4.90 Å². The van der Waals surface area contributed by atoms with Crippen LogP contribution in [0.15, 0.2) is 42.0 Å². The van der Waals surface area contributed by atoms with E-state index in [2.05, 4.69) is 0 Å². The molecule has 2 aromatic carbocycles. The number of halogens is 2. The first-order valence-electron chi connectivity index (χ1n) is 10.7. The minimum absolute atomic E-state index is 0.0984. The van der Waals surface area contributed by atoms with Crippen LogP contribution in [0.3, 0.4) is 0 Å². The maximum atomic E-state index is 13.2. The number of benzene rings is 2. The number of amides is 1. The molecule has 0 aliphatic carbocycles. The molecule has 0 bridgehead atoms. The zero-order valence-corrected chi connectivity index (χ0v) is 20.9. The monoisotopic (exact) mass is 507 g/mol. The molecule has 3 rings (SSSR count). The molecule has 1 aliphatic heterocycles. The highest BCUT2D eigenvalue weighted by Crippen LogP contribution is 2.43. The molecule has 2 aromatic rings. The Morgan fingerprint density at radius 1 is 1.15 bits per heavy atom. The van der Waals surface area contributed by atoms with Gasteiger partial charge in [0.2, 0.25) is 0 Å².